The molecule has 4 aromatic rings. The third-order valence-corrected chi connectivity index (χ3v) is 6.07. The Balaban J connectivity index is 1.31. The van der Waals surface area contributed by atoms with Gasteiger partial charge >= 0.3 is 0 Å². The zero-order chi connectivity index (χ0) is 18.9. The molecule has 0 aliphatic carbocycles. The van der Waals surface area contributed by atoms with Crippen molar-refractivity contribution in [1.82, 2.24) is 14.3 Å². The largest absolute Gasteiger partial charge is 0.367 e. The van der Waals surface area contributed by atoms with Crippen molar-refractivity contribution in [1.29, 1.82) is 0 Å². The first-order chi connectivity index (χ1) is 13.8. The Morgan fingerprint density at radius 1 is 1.07 bits per heavy atom. The summed E-state index contributed by atoms with van der Waals surface area (Å²) in [4.78, 5) is 22.8. The summed E-state index contributed by atoms with van der Waals surface area (Å²) in [5.41, 5.74) is 3.68. The van der Waals surface area contributed by atoms with Crippen molar-refractivity contribution in [3.8, 4) is 10.4 Å². The SMILES string of the molecule is O=C(c1cccn2ccnc12)N1CCN(c2[c]ccc(-c3cccs3)c2)CC1. The van der Waals surface area contributed by atoms with E-state index in [9.17, 15) is 4.79 Å². The number of fused-ring (bicyclic) bond motifs is 1. The van der Waals surface area contributed by atoms with Crippen LogP contribution in [0.25, 0.3) is 16.1 Å². The number of carbonyl (C=O) groups excluding carboxylic acids is 1. The van der Waals surface area contributed by atoms with Crippen molar-refractivity contribution in [3.05, 3.63) is 78.1 Å². The summed E-state index contributed by atoms with van der Waals surface area (Å²) in [6, 6.07) is 17.6. The minimum absolute atomic E-state index is 0.0489. The molecule has 5 rings (SSSR count). The summed E-state index contributed by atoms with van der Waals surface area (Å²) in [7, 11) is 0. The third kappa shape index (κ3) is 3.05. The molecule has 0 N–H and O–H groups in total. The molecule has 1 amide bonds. The van der Waals surface area contributed by atoms with Crippen LogP contribution in [-0.2, 0) is 0 Å². The van der Waals surface area contributed by atoms with Gasteiger partial charge in [0, 0.05) is 61.4 Å². The highest BCUT2D eigenvalue weighted by atomic mass is 32.1. The van der Waals surface area contributed by atoms with Crippen LogP contribution < -0.4 is 4.90 Å². The van der Waals surface area contributed by atoms with E-state index in [4.69, 9.17) is 0 Å². The maximum absolute atomic E-state index is 13.0. The lowest BCUT2D eigenvalue weighted by Gasteiger charge is -2.36. The van der Waals surface area contributed by atoms with Crippen LogP contribution in [0.2, 0.25) is 0 Å². The monoisotopic (exact) mass is 387 g/mol. The van der Waals surface area contributed by atoms with E-state index in [2.05, 4.69) is 45.6 Å². The predicted molar refractivity (Wildman–Crippen MR) is 112 cm³/mol. The quantitative estimate of drug-likeness (QED) is 0.537. The van der Waals surface area contributed by atoms with E-state index in [-0.39, 0.29) is 5.91 Å². The van der Waals surface area contributed by atoms with Crippen molar-refractivity contribution in [2.45, 2.75) is 0 Å². The van der Waals surface area contributed by atoms with E-state index in [1.165, 1.54) is 10.4 Å². The van der Waals surface area contributed by atoms with Crippen LogP contribution in [0.3, 0.4) is 0 Å². The molecule has 1 aliphatic rings. The van der Waals surface area contributed by atoms with Crippen molar-refractivity contribution in [2.75, 3.05) is 31.1 Å². The van der Waals surface area contributed by atoms with Crippen LogP contribution in [0, 0.1) is 6.07 Å². The second-order valence-electron chi connectivity index (χ2n) is 6.80. The Bertz CT molecular complexity index is 1110. The molecule has 5 nitrogen and oxygen atoms in total. The molecule has 0 unspecified atom stereocenters. The number of pyridine rings is 1. The number of carbonyl (C=O) groups is 1. The molecule has 1 aliphatic heterocycles. The number of imidazole rings is 1. The zero-order valence-corrected chi connectivity index (χ0v) is 16.1. The average molecular weight is 387 g/mol. The minimum Gasteiger partial charge on any atom is -0.367 e. The van der Waals surface area contributed by atoms with Crippen LogP contribution in [0.5, 0.6) is 0 Å². The Morgan fingerprint density at radius 2 is 1.96 bits per heavy atom. The first-order valence-electron chi connectivity index (χ1n) is 9.31. The molecule has 28 heavy (non-hydrogen) atoms. The predicted octanol–water partition coefficient (Wildman–Crippen LogP) is 3.83. The number of nitrogens with zero attached hydrogens (tertiary/aromatic N) is 4. The molecule has 1 saturated heterocycles. The molecular formula is C22H19N4OS. The third-order valence-electron chi connectivity index (χ3n) is 5.15. The lowest BCUT2D eigenvalue weighted by molar-refractivity contribution is 0.0748. The van der Waals surface area contributed by atoms with Gasteiger partial charge in [-0.25, -0.2) is 4.98 Å². The van der Waals surface area contributed by atoms with E-state index < -0.39 is 0 Å². The van der Waals surface area contributed by atoms with Gasteiger partial charge in [-0.05, 0) is 35.2 Å². The Kier molecular flexibility index (Phi) is 4.33. The van der Waals surface area contributed by atoms with Crippen LogP contribution >= 0.6 is 11.3 Å². The molecular weight excluding hydrogens is 368 g/mol. The number of thiophene rings is 1. The standard InChI is InChI=1S/C22H19N4OS/c27-22(19-6-2-9-25-10-8-23-21(19)25)26-13-11-24(12-14-26)18-5-1-4-17(16-18)20-7-3-15-28-20/h1-4,6-10,15-16H,11-14H2. The van der Waals surface area contributed by atoms with Gasteiger partial charge in [0.1, 0.15) is 5.65 Å². The molecule has 0 spiro atoms. The van der Waals surface area contributed by atoms with E-state index in [0.717, 1.165) is 18.8 Å². The van der Waals surface area contributed by atoms with E-state index >= 15 is 0 Å². The summed E-state index contributed by atoms with van der Waals surface area (Å²) in [5.74, 6) is 0.0489. The van der Waals surface area contributed by atoms with E-state index in [1.54, 1.807) is 17.5 Å². The van der Waals surface area contributed by atoms with Crippen LogP contribution in [0.1, 0.15) is 10.4 Å². The number of anilines is 1. The fourth-order valence-electron chi connectivity index (χ4n) is 3.67. The summed E-state index contributed by atoms with van der Waals surface area (Å²) in [6.45, 7) is 2.98. The lowest BCUT2D eigenvalue weighted by atomic mass is 10.1. The van der Waals surface area contributed by atoms with Crippen molar-refractivity contribution in [2.24, 2.45) is 0 Å². The number of benzene rings is 1. The zero-order valence-electron chi connectivity index (χ0n) is 15.3. The first-order valence-corrected chi connectivity index (χ1v) is 10.2. The summed E-state index contributed by atoms with van der Waals surface area (Å²) in [6.07, 6.45) is 5.49. The summed E-state index contributed by atoms with van der Waals surface area (Å²) in [5, 5.41) is 2.09. The molecule has 3 aromatic heterocycles. The van der Waals surface area contributed by atoms with E-state index in [0.29, 0.717) is 24.3 Å². The summed E-state index contributed by atoms with van der Waals surface area (Å²) < 4.78 is 1.88. The van der Waals surface area contributed by atoms with Gasteiger partial charge in [-0.3, -0.25) is 4.79 Å². The van der Waals surface area contributed by atoms with Crippen LogP contribution in [-0.4, -0.2) is 46.4 Å². The minimum atomic E-state index is 0.0489. The Hall–Kier alpha value is -3.12. The van der Waals surface area contributed by atoms with Crippen molar-refractivity contribution in [3.63, 3.8) is 0 Å². The smallest absolute Gasteiger partial charge is 0.257 e. The lowest BCUT2D eigenvalue weighted by Crippen LogP contribution is -2.48. The Labute approximate surface area is 167 Å². The van der Waals surface area contributed by atoms with Gasteiger partial charge in [-0.15, -0.1) is 11.3 Å². The normalized spacial score (nSPS) is 14.6. The fraction of sp³-hybridized carbons (Fsp3) is 0.182. The van der Waals surface area contributed by atoms with Gasteiger partial charge in [0.2, 0.25) is 0 Å². The number of aromatic nitrogens is 2. The van der Waals surface area contributed by atoms with Crippen LogP contribution in [0.4, 0.5) is 5.69 Å². The highest BCUT2D eigenvalue weighted by Crippen LogP contribution is 2.28. The highest BCUT2D eigenvalue weighted by Gasteiger charge is 2.24. The molecule has 6 heteroatoms. The number of rotatable bonds is 3. The van der Waals surface area contributed by atoms with Gasteiger partial charge in [0.15, 0.2) is 0 Å². The van der Waals surface area contributed by atoms with Gasteiger partial charge in [0.05, 0.1) is 5.56 Å². The van der Waals surface area contributed by atoms with Gasteiger partial charge < -0.3 is 14.2 Å². The molecule has 139 valence electrons. The van der Waals surface area contributed by atoms with Gasteiger partial charge in [-0.1, -0.05) is 18.2 Å². The maximum atomic E-state index is 13.0. The highest BCUT2D eigenvalue weighted by molar-refractivity contribution is 7.13. The number of hydrogen-bond donors (Lipinski definition) is 0. The van der Waals surface area contributed by atoms with Crippen LogP contribution in [0.15, 0.2) is 66.4 Å². The van der Waals surface area contributed by atoms with Crippen molar-refractivity contribution >= 4 is 28.6 Å². The van der Waals surface area contributed by atoms with E-state index in [1.807, 2.05) is 39.9 Å². The van der Waals surface area contributed by atoms with Gasteiger partial charge in [-0.2, -0.15) is 0 Å². The first kappa shape index (κ1) is 17.0. The topological polar surface area (TPSA) is 40.9 Å². The fourth-order valence-corrected chi connectivity index (χ4v) is 4.39. The van der Waals surface area contributed by atoms with Crippen molar-refractivity contribution < 1.29 is 4.79 Å². The second-order valence-corrected chi connectivity index (χ2v) is 7.75. The number of hydrogen-bond acceptors (Lipinski definition) is 4. The molecule has 4 heterocycles. The number of amides is 1. The summed E-state index contributed by atoms with van der Waals surface area (Å²) >= 11 is 1.74. The molecule has 1 aromatic carbocycles. The average Bonchev–Trinajstić information content (AvgIpc) is 3.45. The molecule has 0 atom stereocenters. The number of piperazine rings is 1. The second kappa shape index (κ2) is 7.13. The molecule has 0 bridgehead atoms. The van der Waals surface area contributed by atoms with Gasteiger partial charge in [0.25, 0.3) is 5.91 Å². The molecule has 1 fully saturated rings. The molecule has 0 saturated carbocycles. The Morgan fingerprint density at radius 3 is 2.79 bits per heavy atom. The maximum Gasteiger partial charge on any atom is 0.257 e. The molecule has 1 radical (unpaired) electrons.